The van der Waals surface area contributed by atoms with Crippen molar-refractivity contribution in [2.45, 2.75) is 9.79 Å². The van der Waals surface area contributed by atoms with Crippen molar-refractivity contribution in [3.8, 4) is 0 Å². The molecule has 0 radical (unpaired) electrons. The van der Waals surface area contributed by atoms with E-state index in [2.05, 4.69) is 0 Å². The number of thioether (sulfide) groups is 2. The van der Waals surface area contributed by atoms with Gasteiger partial charge in [0.25, 0.3) is 11.8 Å². The Balaban J connectivity index is 1.32. The molecule has 0 bridgehead atoms. The fourth-order valence-corrected chi connectivity index (χ4v) is 7.36. The molecule has 0 spiro atoms. The van der Waals surface area contributed by atoms with Crippen molar-refractivity contribution in [1.82, 2.24) is 0 Å². The van der Waals surface area contributed by atoms with Crippen LogP contribution in [0.3, 0.4) is 0 Å². The van der Waals surface area contributed by atoms with Gasteiger partial charge in [-0.2, -0.15) is 0 Å². The normalized spacial score (nSPS) is 15.5. The van der Waals surface area contributed by atoms with Gasteiger partial charge >= 0.3 is 0 Å². The highest BCUT2D eigenvalue weighted by Crippen LogP contribution is 2.40. The third-order valence-corrected chi connectivity index (χ3v) is 10.9. The average molecular weight is 767 g/mol. The SMILES string of the molecule is CSc1ccc(/C=C2\N=C(c3ccccc3)N(c3ccc(C(=O)c4ccccc4)cc3N3C(=O)/C(=C\c4ccc(SC)cc4)N=C3c3ccccc3)C2=O)cc1. The molecule has 272 valence electrons. The Bertz CT molecular complexity index is 2580. The minimum atomic E-state index is -0.405. The van der Waals surface area contributed by atoms with Crippen LogP contribution in [0.4, 0.5) is 11.4 Å². The van der Waals surface area contributed by atoms with Crippen LogP contribution in [0, 0.1) is 0 Å². The second-order valence-electron chi connectivity index (χ2n) is 12.9. The lowest BCUT2D eigenvalue weighted by Crippen LogP contribution is -2.38. The fourth-order valence-electron chi connectivity index (χ4n) is 6.55. The van der Waals surface area contributed by atoms with Gasteiger partial charge in [0.1, 0.15) is 23.1 Å². The standard InChI is InChI=1S/C47H34N4O3S2/c1-55-37-23-18-31(19-24-37)28-39-46(53)50(44(48-39)34-14-8-4-9-15-34)41-27-22-36(43(52)33-12-6-3-7-13-33)30-42(41)51-45(35-16-10-5-11-17-35)49-40(47(51)54)29-32-20-25-38(56-2)26-21-32/h3-30H,1-2H3/b39-28-,40-29+. The molecule has 0 atom stereocenters. The maximum absolute atomic E-state index is 14.8. The number of hydrogen-bond donors (Lipinski definition) is 0. The zero-order valence-electron chi connectivity index (χ0n) is 30.5. The van der Waals surface area contributed by atoms with Crippen LogP contribution in [-0.4, -0.2) is 41.8 Å². The minimum Gasteiger partial charge on any atom is -0.289 e. The van der Waals surface area contributed by atoms with E-state index in [9.17, 15) is 14.4 Å². The van der Waals surface area contributed by atoms with Gasteiger partial charge in [-0.3, -0.25) is 24.2 Å². The van der Waals surface area contributed by atoms with Crippen LogP contribution in [-0.2, 0) is 9.59 Å². The van der Waals surface area contributed by atoms with Gasteiger partial charge in [-0.15, -0.1) is 23.5 Å². The molecule has 6 aromatic carbocycles. The Morgan fingerprint density at radius 2 is 0.929 bits per heavy atom. The van der Waals surface area contributed by atoms with Gasteiger partial charge in [0, 0.05) is 32.0 Å². The Kier molecular flexibility index (Phi) is 10.4. The van der Waals surface area contributed by atoms with Crippen LogP contribution in [0.25, 0.3) is 12.2 Å². The summed E-state index contributed by atoms with van der Waals surface area (Å²) in [6.07, 6.45) is 7.55. The van der Waals surface area contributed by atoms with Crippen LogP contribution in [0.5, 0.6) is 0 Å². The van der Waals surface area contributed by atoms with Crippen molar-refractivity contribution in [3.05, 3.63) is 203 Å². The molecule has 0 fully saturated rings. The summed E-state index contributed by atoms with van der Waals surface area (Å²) in [4.78, 5) is 58.7. The molecular formula is C47H34N4O3S2. The van der Waals surface area contributed by atoms with Crippen LogP contribution >= 0.6 is 23.5 Å². The van der Waals surface area contributed by atoms with E-state index in [-0.39, 0.29) is 23.1 Å². The molecule has 0 N–H and O–H groups in total. The first-order valence-electron chi connectivity index (χ1n) is 17.8. The lowest BCUT2D eigenvalue weighted by molar-refractivity contribution is -0.114. The predicted octanol–water partition coefficient (Wildman–Crippen LogP) is 10.0. The Hall–Kier alpha value is -6.55. The number of amides is 2. The van der Waals surface area contributed by atoms with Crippen molar-refractivity contribution in [2.24, 2.45) is 9.98 Å². The summed E-state index contributed by atoms with van der Waals surface area (Å²) < 4.78 is 0. The third-order valence-electron chi connectivity index (χ3n) is 9.38. The van der Waals surface area contributed by atoms with Crippen molar-refractivity contribution in [2.75, 3.05) is 22.3 Å². The van der Waals surface area contributed by atoms with E-state index < -0.39 is 5.91 Å². The van der Waals surface area contributed by atoms with Gasteiger partial charge in [0.15, 0.2) is 5.78 Å². The van der Waals surface area contributed by atoms with Gasteiger partial charge in [-0.05, 0) is 78.3 Å². The lowest BCUT2D eigenvalue weighted by atomic mass is 10.0. The van der Waals surface area contributed by atoms with E-state index in [4.69, 9.17) is 9.98 Å². The van der Waals surface area contributed by atoms with E-state index in [0.29, 0.717) is 45.3 Å². The summed E-state index contributed by atoms with van der Waals surface area (Å²) >= 11 is 3.27. The molecular weight excluding hydrogens is 733 g/mol. The molecule has 8 rings (SSSR count). The topological polar surface area (TPSA) is 82.4 Å². The molecule has 2 aliphatic heterocycles. The fraction of sp³-hybridized carbons (Fsp3) is 0.0426. The van der Waals surface area contributed by atoms with Crippen LogP contribution < -0.4 is 9.80 Å². The zero-order valence-corrected chi connectivity index (χ0v) is 32.1. The highest BCUT2D eigenvalue weighted by Gasteiger charge is 2.39. The summed E-state index contributed by atoms with van der Waals surface area (Å²) in [5, 5.41) is 0. The first-order valence-corrected chi connectivity index (χ1v) is 20.3. The molecule has 2 heterocycles. The average Bonchev–Trinajstić information content (AvgIpc) is 3.76. The van der Waals surface area contributed by atoms with E-state index >= 15 is 0 Å². The van der Waals surface area contributed by atoms with Crippen LogP contribution in [0.2, 0.25) is 0 Å². The first-order chi connectivity index (χ1) is 27.4. The molecule has 0 saturated carbocycles. The largest absolute Gasteiger partial charge is 0.289 e. The number of hydrogen-bond acceptors (Lipinski definition) is 7. The Morgan fingerprint density at radius 3 is 1.38 bits per heavy atom. The van der Waals surface area contributed by atoms with Crippen LogP contribution in [0.15, 0.2) is 189 Å². The van der Waals surface area contributed by atoms with Crippen molar-refractivity contribution in [3.63, 3.8) is 0 Å². The molecule has 6 aromatic rings. The second kappa shape index (κ2) is 16.0. The molecule has 0 aromatic heterocycles. The molecule has 56 heavy (non-hydrogen) atoms. The number of ketones is 1. The van der Waals surface area contributed by atoms with Gasteiger partial charge < -0.3 is 0 Å². The number of anilines is 2. The second-order valence-corrected chi connectivity index (χ2v) is 14.6. The summed E-state index contributed by atoms with van der Waals surface area (Å²) in [5.74, 6) is -0.261. The Morgan fingerprint density at radius 1 is 0.500 bits per heavy atom. The number of carbonyl (C=O) groups excluding carboxylic acids is 3. The number of rotatable bonds is 10. The molecule has 2 amide bonds. The zero-order chi connectivity index (χ0) is 38.6. The molecule has 7 nitrogen and oxygen atoms in total. The summed E-state index contributed by atoms with van der Waals surface area (Å²) in [6, 6.07) is 48.8. The number of benzene rings is 6. The maximum atomic E-state index is 14.8. The number of nitrogens with zero attached hydrogens (tertiary/aromatic N) is 4. The molecule has 0 saturated heterocycles. The molecule has 0 aliphatic carbocycles. The van der Waals surface area contributed by atoms with E-state index in [1.807, 2.05) is 140 Å². The van der Waals surface area contributed by atoms with Crippen molar-refractivity contribution < 1.29 is 14.4 Å². The third kappa shape index (κ3) is 7.30. The minimum absolute atomic E-state index is 0.213. The van der Waals surface area contributed by atoms with Crippen LogP contribution in [0.1, 0.15) is 38.2 Å². The smallest absolute Gasteiger partial charge is 0.282 e. The predicted molar refractivity (Wildman–Crippen MR) is 230 cm³/mol. The molecule has 2 aliphatic rings. The maximum Gasteiger partial charge on any atom is 0.282 e. The quantitative estimate of drug-likeness (QED) is 0.0788. The van der Waals surface area contributed by atoms with Gasteiger partial charge in [-0.1, -0.05) is 115 Å². The van der Waals surface area contributed by atoms with Gasteiger partial charge in [0.2, 0.25) is 0 Å². The van der Waals surface area contributed by atoms with E-state index in [0.717, 1.165) is 20.9 Å². The highest BCUT2D eigenvalue weighted by atomic mass is 32.2. The highest BCUT2D eigenvalue weighted by molar-refractivity contribution is 7.98. The van der Waals surface area contributed by atoms with Gasteiger partial charge in [-0.25, -0.2) is 9.98 Å². The van der Waals surface area contributed by atoms with Gasteiger partial charge in [0.05, 0.1) is 11.4 Å². The van der Waals surface area contributed by atoms with Crippen molar-refractivity contribution in [1.29, 1.82) is 0 Å². The monoisotopic (exact) mass is 766 g/mol. The van der Waals surface area contributed by atoms with Crippen molar-refractivity contribution >= 4 is 76.3 Å². The summed E-state index contributed by atoms with van der Waals surface area (Å²) in [5.41, 5.74) is 4.98. The summed E-state index contributed by atoms with van der Waals surface area (Å²) in [7, 11) is 0. The van der Waals surface area contributed by atoms with E-state index in [1.165, 1.54) is 9.80 Å². The summed E-state index contributed by atoms with van der Waals surface area (Å²) in [6.45, 7) is 0. The molecule has 9 heteroatoms. The molecule has 0 unspecified atom stereocenters. The number of amidine groups is 2. The van der Waals surface area contributed by atoms with E-state index in [1.54, 1.807) is 66.0 Å². The number of aliphatic imine (C=N–C) groups is 2. The number of carbonyl (C=O) groups is 3. The first kappa shape index (κ1) is 36.4. The lowest BCUT2D eigenvalue weighted by Gasteiger charge is -2.27. The Labute approximate surface area is 333 Å².